The molecule has 0 saturated carbocycles. The molecule has 28 heavy (non-hydrogen) atoms. The van der Waals surface area contributed by atoms with Crippen LogP contribution in [0.25, 0.3) is 0 Å². The molecule has 1 aromatic rings. The van der Waals surface area contributed by atoms with Crippen LogP contribution < -0.4 is 0 Å². The molecule has 0 aliphatic rings. The number of allylic oxidation sites excluding steroid dienone is 4. The zero-order valence-electron chi connectivity index (χ0n) is 18.3. The molecule has 0 aromatic carbocycles. The Bertz CT molecular complexity index is 526. The number of carbonyl (C=O) groups is 1. The molecule has 0 saturated heterocycles. The van der Waals surface area contributed by atoms with E-state index in [-0.39, 0.29) is 0 Å². The number of hydrogen-bond acceptors (Lipinski definition) is 1. The lowest BCUT2D eigenvalue weighted by atomic mass is 10.1. The standard InChI is InChI=1S/C26H43NO/c1-2-3-4-5-6-7-8-9-10-11-12-13-14-15-16-17-18-19-20-21-25-22-23-26(24-28)27-25/h6-7,9-10,22-24,27H,2-5,8,11-21H2,1H3/b7-6-,10-9-. The minimum atomic E-state index is 0.695. The summed E-state index contributed by atoms with van der Waals surface area (Å²) in [4.78, 5) is 13.8. The Morgan fingerprint density at radius 1 is 0.714 bits per heavy atom. The molecule has 0 bridgehead atoms. The van der Waals surface area contributed by atoms with E-state index in [4.69, 9.17) is 0 Å². The van der Waals surface area contributed by atoms with Gasteiger partial charge >= 0.3 is 0 Å². The highest BCUT2D eigenvalue weighted by molar-refractivity contribution is 5.71. The van der Waals surface area contributed by atoms with Crippen molar-refractivity contribution in [2.75, 3.05) is 0 Å². The number of aldehydes is 1. The second kappa shape index (κ2) is 18.8. The first-order valence-corrected chi connectivity index (χ1v) is 11.8. The van der Waals surface area contributed by atoms with Gasteiger partial charge in [-0.05, 0) is 57.1 Å². The number of rotatable bonds is 19. The van der Waals surface area contributed by atoms with Gasteiger partial charge in [-0.15, -0.1) is 0 Å². The molecule has 2 nitrogen and oxygen atoms in total. The van der Waals surface area contributed by atoms with Crippen molar-refractivity contribution in [1.82, 2.24) is 4.98 Å². The van der Waals surface area contributed by atoms with Gasteiger partial charge in [0.25, 0.3) is 0 Å². The van der Waals surface area contributed by atoms with Gasteiger partial charge in [0.2, 0.25) is 0 Å². The van der Waals surface area contributed by atoms with Gasteiger partial charge in [-0.3, -0.25) is 4.79 Å². The third-order valence-corrected chi connectivity index (χ3v) is 5.29. The van der Waals surface area contributed by atoms with E-state index in [0.717, 1.165) is 19.1 Å². The monoisotopic (exact) mass is 385 g/mol. The predicted octanol–water partition coefficient (Wildman–Crippen LogP) is 8.35. The van der Waals surface area contributed by atoms with Crippen molar-refractivity contribution in [1.29, 1.82) is 0 Å². The largest absolute Gasteiger partial charge is 0.356 e. The van der Waals surface area contributed by atoms with Crippen LogP contribution in [0.3, 0.4) is 0 Å². The molecule has 0 amide bonds. The smallest absolute Gasteiger partial charge is 0.166 e. The van der Waals surface area contributed by atoms with Gasteiger partial charge in [0, 0.05) is 5.69 Å². The summed E-state index contributed by atoms with van der Waals surface area (Å²) >= 11 is 0. The van der Waals surface area contributed by atoms with Gasteiger partial charge in [0.05, 0.1) is 5.69 Å². The number of aromatic nitrogens is 1. The van der Waals surface area contributed by atoms with Crippen LogP contribution in [0.4, 0.5) is 0 Å². The summed E-state index contributed by atoms with van der Waals surface area (Å²) in [5, 5.41) is 0. The predicted molar refractivity (Wildman–Crippen MR) is 123 cm³/mol. The maximum atomic E-state index is 10.6. The Kier molecular flexibility index (Phi) is 16.4. The molecule has 1 heterocycles. The van der Waals surface area contributed by atoms with E-state index in [2.05, 4.69) is 36.2 Å². The van der Waals surface area contributed by atoms with E-state index in [0.29, 0.717) is 5.69 Å². The minimum Gasteiger partial charge on any atom is -0.356 e. The van der Waals surface area contributed by atoms with Gasteiger partial charge in [0.15, 0.2) is 6.29 Å². The number of H-pyrrole nitrogens is 1. The summed E-state index contributed by atoms with van der Waals surface area (Å²) in [5.41, 5.74) is 1.89. The number of aryl methyl sites for hydroxylation is 1. The third-order valence-electron chi connectivity index (χ3n) is 5.29. The number of aromatic amines is 1. The number of carbonyl (C=O) groups excluding carboxylic acids is 1. The second-order valence-corrected chi connectivity index (χ2v) is 7.95. The van der Waals surface area contributed by atoms with Crippen LogP contribution in [0.2, 0.25) is 0 Å². The van der Waals surface area contributed by atoms with Crippen molar-refractivity contribution in [3.05, 3.63) is 47.8 Å². The van der Waals surface area contributed by atoms with E-state index < -0.39 is 0 Å². The molecule has 0 fully saturated rings. The highest BCUT2D eigenvalue weighted by atomic mass is 16.1. The van der Waals surface area contributed by atoms with Crippen LogP contribution in [0.15, 0.2) is 36.4 Å². The van der Waals surface area contributed by atoms with E-state index in [1.165, 1.54) is 95.6 Å². The van der Waals surface area contributed by atoms with Crippen LogP contribution in [-0.2, 0) is 6.42 Å². The fourth-order valence-electron chi connectivity index (χ4n) is 3.51. The zero-order valence-corrected chi connectivity index (χ0v) is 18.3. The van der Waals surface area contributed by atoms with Gasteiger partial charge in [0.1, 0.15) is 0 Å². The average molecular weight is 386 g/mol. The zero-order chi connectivity index (χ0) is 20.1. The van der Waals surface area contributed by atoms with E-state index in [9.17, 15) is 4.79 Å². The second-order valence-electron chi connectivity index (χ2n) is 7.95. The summed E-state index contributed by atoms with van der Waals surface area (Å²) < 4.78 is 0. The number of nitrogens with one attached hydrogen (secondary N) is 1. The third kappa shape index (κ3) is 14.5. The molecule has 1 aromatic heterocycles. The Hall–Kier alpha value is -1.57. The topological polar surface area (TPSA) is 32.9 Å². The first-order valence-electron chi connectivity index (χ1n) is 11.8. The Morgan fingerprint density at radius 2 is 1.29 bits per heavy atom. The maximum absolute atomic E-state index is 10.6. The van der Waals surface area contributed by atoms with Crippen molar-refractivity contribution in [2.45, 2.75) is 110 Å². The van der Waals surface area contributed by atoms with Crippen LogP contribution in [0, 0.1) is 0 Å². The van der Waals surface area contributed by atoms with Crippen molar-refractivity contribution >= 4 is 6.29 Å². The molecule has 0 spiro atoms. The van der Waals surface area contributed by atoms with Crippen molar-refractivity contribution in [2.24, 2.45) is 0 Å². The van der Waals surface area contributed by atoms with Gasteiger partial charge in [-0.1, -0.05) is 89.0 Å². The molecule has 158 valence electrons. The molecule has 0 aliphatic heterocycles. The van der Waals surface area contributed by atoms with Crippen molar-refractivity contribution in [3.63, 3.8) is 0 Å². The minimum absolute atomic E-state index is 0.695. The molecule has 0 aliphatic carbocycles. The quantitative estimate of drug-likeness (QED) is 0.145. The van der Waals surface area contributed by atoms with Crippen LogP contribution >= 0.6 is 0 Å². The lowest BCUT2D eigenvalue weighted by Gasteiger charge is -2.02. The number of unbranched alkanes of at least 4 members (excludes halogenated alkanes) is 12. The fraction of sp³-hybridized carbons (Fsp3) is 0.654. The van der Waals surface area contributed by atoms with E-state index in [1.807, 2.05) is 12.1 Å². The summed E-state index contributed by atoms with van der Waals surface area (Å²) in [6.45, 7) is 2.26. The maximum Gasteiger partial charge on any atom is 0.166 e. The Balaban J connectivity index is 1.78. The Morgan fingerprint density at radius 3 is 1.86 bits per heavy atom. The van der Waals surface area contributed by atoms with Crippen LogP contribution in [-0.4, -0.2) is 11.3 Å². The normalized spacial score (nSPS) is 11.8. The molecule has 0 radical (unpaired) electrons. The van der Waals surface area contributed by atoms with Crippen molar-refractivity contribution < 1.29 is 4.79 Å². The average Bonchev–Trinajstić information content (AvgIpc) is 3.18. The molecule has 1 rings (SSSR count). The summed E-state index contributed by atoms with van der Waals surface area (Å²) in [6, 6.07) is 3.90. The lowest BCUT2D eigenvalue weighted by Crippen LogP contribution is -1.88. The highest BCUT2D eigenvalue weighted by Crippen LogP contribution is 2.12. The van der Waals surface area contributed by atoms with Gasteiger partial charge < -0.3 is 4.98 Å². The summed E-state index contributed by atoms with van der Waals surface area (Å²) in [5.74, 6) is 0. The SMILES string of the molecule is CCCCC/C=C\C/C=C\CCCCCCCCCCCc1ccc(C=O)[nH]1. The molecule has 2 heteroatoms. The molecule has 0 atom stereocenters. The van der Waals surface area contributed by atoms with Gasteiger partial charge in [-0.2, -0.15) is 0 Å². The first-order chi connectivity index (χ1) is 13.9. The van der Waals surface area contributed by atoms with Crippen LogP contribution in [0.5, 0.6) is 0 Å². The van der Waals surface area contributed by atoms with Crippen LogP contribution in [0.1, 0.15) is 119 Å². The summed E-state index contributed by atoms with van der Waals surface area (Å²) in [7, 11) is 0. The molecule has 1 N–H and O–H groups in total. The fourth-order valence-corrected chi connectivity index (χ4v) is 3.51. The lowest BCUT2D eigenvalue weighted by molar-refractivity contribution is 0.111. The summed E-state index contributed by atoms with van der Waals surface area (Å²) in [6.07, 6.45) is 31.0. The van der Waals surface area contributed by atoms with Gasteiger partial charge in [-0.25, -0.2) is 0 Å². The molecular weight excluding hydrogens is 342 g/mol. The highest BCUT2D eigenvalue weighted by Gasteiger charge is 1.98. The van der Waals surface area contributed by atoms with Crippen molar-refractivity contribution in [3.8, 4) is 0 Å². The van der Waals surface area contributed by atoms with E-state index in [1.54, 1.807) is 0 Å². The number of hydrogen-bond donors (Lipinski definition) is 1. The molecule has 0 unspecified atom stereocenters. The Labute approximate surface area is 173 Å². The molecular formula is C26H43NO. The van der Waals surface area contributed by atoms with E-state index >= 15 is 0 Å². The first kappa shape index (κ1) is 24.5.